The summed E-state index contributed by atoms with van der Waals surface area (Å²) in [7, 11) is 1.48. The van der Waals surface area contributed by atoms with E-state index < -0.39 is 11.4 Å². The number of ether oxygens (including phenoxy) is 1. The molecule has 0 radical (unpaired) electrons. The van der Waals surface area contributed by atoms with E-state index >= 15 is 0 Å². The number of fused-ring (bicyclic) bond motifs is 1. The molecule has 10 heteroatoms. The molecule has 1 aliphatic heterocycles. The minimum atomic E-state index is -1.29. The van der Waals surface area contributed by atoms with E-state index in [0.717, 1.165) is 25.9 Å². The number of piperidine rings is 1. The molecule has 0 saturated carbocycles. The lowest BCUT2D eigenvalue weighted by atomic mass is 10.0. The number of pyridine rings is 1. The normalized spacial score (nSPS) is 16.8. The predicted molar refractivity (Wildman–Crippen MR) is 112 cm³/mol. The maximum Gasteiger partial charge on any atom is 0.157 e. The number of nitrogens with zero attached hydrogens (tertiary/aromatic N) is 5. The Morgan fingerprint density at radius 3 is 2.87 bits per heavy atom. The molecule has 1 saturated heterocycles. The summed E-state index contributed by atoms with van der Waals surface area (Å²) in [5, 5.41) is 31.0. The molecule has 3 aromatic rings. The lowest BCUT2D eigenvalue weighted by molar-refractivity contribution is 0.0694. The number of nitrogens with one attached hydrogen (secondary N) is 2. The number of halogens is 1. The van der Waals surface area contributed by atoms with Crippen molar-refractivity contribution in [2.45, 2.75) is 38.3 Å². The van der Waals surface area contributed by atoms with Gasteiger partial charge in [-0.15, -0.1) is 0 Å². The number of imidazole rings is 1. The van der Waals surface area contributed by atoms with Crippen LogP contribution in [0.15, 0.2) is 18.3 Å². The highest BCUT2D eigenvalue weighted by molar-refractivity contribution is 5.66. The SMILES string of the molecule is COc1cc2ncc(-c3nc(N[C@H]4CCCNC4)c(C#N)cc3F)n2nc1C(C)(C)O. The van der Waals surface area contributed by atoms with E-state index in [1.165, 1.54) is 23.9 Å². The van der Waals surface area contributed by atoms with E-state index in [2.05, 4.69) is 25.7 Å². The van der Waals surface area contributed by atoms with Crippen LogP contribution in [0, 0.1) is 17.1 Å². The number of aliphatic hydroxyl groups is 1. The van der Waals surface area contributed by atoms with Crippen molar-refractivity contribution in [2.24, 2.45) is 0 Å². The first-order valence-corrected chi connectivity index (χ1v) is 10.1. The van der Waals surface area contributed by atoms with E-state index in [9.17, 15) is 14.8 Å². The van der Waals surface area contributed by atoms with Gasteiger partial charge >= 0.3 is 0 Å². The van der Waals surface area contributed by atoms with E-state index in [1.54, 1.807) is 19.9 Å². The molecule has 0 unspecified atom stereocenters. The van der Waals surface area contributed by atoms with Gasteiger partial charge in [0.15, 0.2) is 11.5 Å². The third-order valence-electron chi connectivity index (χ3n) is 5.23. The topological polar surface area (TPSA) is 120 Å². The zero-order chi connectivity index (χ0) is 22.2. The molecule has 1 fully saturated rings. The number of aromatic nitrogens is 4. The molecular formula is C21H24FN7O2. The summed E-state index contributed by atoms with van der Waals surface area (Å²) in [5.74, 6) is 0.0319. The van der Waals surface area contributed by atoms with Crippen LogP contribution < -0.4 is 15.4 Å². The van der Waals surface area contributed by atoms with Crippen molar-refractivity contribution in [3.05, 3.63) is 35.4 Å². The third kappa shape index (κ3) is 4.02. The lowest BCUT2D eigenvalue weighted by Crippen LogP contribution is -2.38. The summed E-state index contributed by atoms with van der Waals surface area (Å²) in [6.07, 6.45) is 3.39. The van der Waals surface area contributed by atoms with Gasteiger partial charge in [-0.3, -0.25) is 0 Å². The summed E-state index contributed by atoms with van der Waals surface area (Å²) in [4.78, 5) is 8.73. The van der Waals surface area contributed by atoms with Gasteiger partial charge in [0.05, 0.1) is 18.9 Å². The number of anilines is 1. The van der Waals surface area contributed by atoms with Gasteiger partial charge in [0.1, 0.15) is 40.3 Å². The standard InChI is InChI=1S/C21H24FN7O2/c1-21(2,30)19-16(31-3)8-17-25-11-15(29(17)28-19)18-14(22)7-12(9-23)20(27-18)26-13-5-4-6-24-10-13/h7-8,11,13,24,30H,4-6,10H2,1-3H3,(H,26,27)/t13-/m0/s1. The smallest absolute Gasteiger partial charge is 0.157 e. The Bertz CT molecular complexity index is 1160. The van der Waals surface area contributed by atoms with Crippen molar-refractivity contribution in [3.63, 3.8) is 0 Å². The minimum absolute atomic E-state index is 0.0112. The molecule has 0 aromatic carbocycles. The molecule has 1 atom stereocenters. The summed E-state index contributed by atoms with van der Waals surface area (Å²) in [6.45, 7) is 4.86. The van der Waals surface area contributed by atoms with Crippen molar-refractivity contribution in [3.8, 4) is 23.2 Å². The van der Waals surface area contributed by atoms with E-state index in [1.807, 2.05) is 6.07 Å². The second-order valence-electron chi connectivity index (χ2n) is 8.05. The lowest BCUT2D eigenvalue weighted by Gasteiger charge is -2.25. The molecule has 0 amide bonds. The fourth-order valence-electron chi connectivity index (χ4n) is 3.67. The highest BCUT2D eigenvalue weighted by Crippen LogP contribution is 2.31. The molecule has 0 bridgehead atoms. The molecule has 31 heavy (non-hydrogen) atoms. The van der Waals surface area contributed by atoms with Crippen molar-refractivity contribution >= 4 is 11.5 Å². The molecule has 3 aromatic heterocycles. The van der Waals surface area contributed by atoms with Gasteiger partial charge < -0.3 is 20.5 Å². The number of hydrogen-bond donors (Lipinski definition) is 3. The Balaban J connectivity index is 1.83. The Hall–Kier alpha value is -3.29. The summed E-state index contributed by atoms with van der Waals surface area (Å²) in [5.41, 5.74) is -0.156. The Morgan fingerprint density at radius 1 is 1.42 bits per heavy atom. The maximum atomic E-state index is 15.0. The molecule has 4 heterocycles. The number of methoxy groups -OCH3 is 1. The first-order valence-electron chi connectivity index (χ1n) is 10.1. The molecular weight excluding hydrogens is 401 g/mol. The van der Waals surface area contributed by atoms with Crippen LogP contribution in [0.5, 0.6) is 5.75 Å². The van der Waals surface area contributed by atoms with Crippen molar-refractivity contribution in [2.75, 3.05) is 25.5 Å². The largest absolute Gasteiger partial charge is 0.495 e. The van der Waals surface area contributed by atoms with Crippen molar-refractivity contribution < 1.29 is 14.2 Å². The summed E-state index contributed by atoms with van der Waals surface area (Å²) < 4.78 is 21.7. The average Bonchev–Trinajstić information content (AvgIpc) is 3.16. The molecule has 162 valence electrons. The number of rotatable bonds is 5. The zero-order valence-corrected chi connectivity index (χ0v) is 17.6. The van der Waals surface area contributed by atoms with Crippen molar-refractivity contribution in [1.82, 2.24) is 24.9 Å². The monoisotopic (exact) mass is 425 g/mol. The average molecular weight is 425 g/mol. The Kier molecular flexibility index (Phi) is 5.47. The third-order valence-corrected chi connectivity index (χ3v) is 5.23. The minimum Gasteiger partial charge on any atom is -0.495 e. The van der Waals surface area contributed by atoms with Gasteiger partial charge in [-0.05, 0) is 39.3 Å². The molecule has 0 aliphatic carbocycles. The number of hydrogen-bond acceptors (Lipinski definition) is 8. The van der Waals surface area contributed by atoms with Gasteiger partial charge in [-0.2, -0.15) is 10.4 Å². The van der Waals surface area contributed by atoms with E-state index in [4.69, 9.17) is 4.74 Å². The van der Waals surface area contributed by atoms with Crippen LogP contribution in [0.4, 0.5) is 10.2 Å². The molecule has 0 spiro atoms. The van der Waals surface area contributed by atoms with Crippen molar-refractivity contribution in [1.29, 1.82) is 5.26 Å². The predicted octanol–water partition coefficient (Wildman–Crippen LogP) is 2.20. The van der Waals surface area contributed by atoms with Crippen LogP contribution in [0.1, 0.15) is 37.9 Å². The summed E-state index contributed by atoms with van der Waals surface area (Å²) >= 11 is 0. The first kappa shape index (κ1) is 21.0. The van der Waals surface area contributed by atoms with Crippen LogP contribution >= 0.6 is 0 Å². The summed E-state index contributed by atoms with van der Waals surface area (Å²) in [6, 6.07) is 4.89. The quantitative estimate of drug-likeness (QED) is 0.569. The van der Waals surface area contributed by atoms with Gasteiger partial charge in [0.2, 0.25) is 0 Å². The van der Waals surface area contributed by atoms with Crippen LogP contribution in [0.3, 0.4) is 0 Å². The fourth-order valence-corrected chi connectivity index (χ4v) is 3.67. The number of nitriles is 1. The van der Waals surface area contributed by atoms with E-state index in [0.29, 0.717) is 22.9 Å². The van der Waals surface area contributed by atoms with Crippen LogP contribution in [-0.2, 0) is 5.60 Å². The van der Waals surface area contributed by atoms with Gasteiger partial charge in [-0.1, -0.05) is 0 Å². The van der Waals surface area contributed by atoms with Crippen LogP contribution in [0.2, 0.25) is 0 Å². The maximum absolute atomic E-state index is 15.0. The van der Waals surface area contributed by atoms with Gasteiger partial charge in [0, 0.05) is 18.7 Å². The Morgan fingerprint density at radius 2 is 2.23 bits per heavy atom. The highest BCUT2D eigenvalue weighted by atomic mass is 19.1. The fraction of sp³-hybridized carbons (Fsp3) is 0.429. The van der Waals surface area contributed by atoms with Crippen LogP contribution in [-0.4, -0.2) is 50.9 Å². The second-order valence-corrected chi connectivity index (χ2v) is 8.05. The first-order chi connectivity index (χ1) is 14.8. The molecule has 1 aliphatic rings. The van der Waals surface area contributed by atoms with Gasteiger partial charge in [-0.25, -0.2) is 18.9 Å². The van der Waals surface area contributed by atoms with Crippen LogP contribution in [0.25, 0.3) is 17.0 Å². The Labute approximate surface area is 178 Å². The second kappa shape index (κ2) is 8.09. The van der Waals surface area contributed by atoms with E-state index in [-0.39, 0.29) is 23.0 Å². The zero-order valence-electron chi connectivity index (χ0n) is 17.6. The molecule has 3 N–H and O–H groups in total. The van der Waals surface area contributed by atoms with Gasteiger partial charge in [0.25, 0.3) is 0 Å². The molecule has 4 rings (SSSR count). The molecule has 9 nitrogen and oxygen atoms in total. The highest BCUT2D eigenvalue weighted by Gasteiger charge is 2.26.